The molecule has 0 aliphatic heterocycles. The summed E-state index contributed by atoms with van der Waals surface area (Å²) in [5.41, 5.74) is 0. The molecule has 0 saturated carbocycles. The van der Waals surface area contributed by atoms with Crippen molar-refractivity contribution in [2.24, 2.45) is 4.99 Å². The standard InChI is InChI=1S/C2H3NS.C2H3N.2C2H6.CH3F.CH3NO2/c1-3-2-4;1-2-3;3*1-2;1-2(3)4/h1H3;1H3;2*1-2H3;1H3;1H3. The van der Waals surface area contributed by atoms with E-state index >= 15 is 0 Å². The van der Waals surface area contributed by atoms with E-state index in [0.29, 0.717) is 7.18 Å². The maximum atomic E-state index is 9.50. The molecule has 0 rings (SSSR count). The number of halogens is 1. The van der Waals surface area contributed by atoms with Gasteiger partial charge in [0.15, 0.2) is 7.05 Å². The summed E-state index contributed by atoms with van der Waals surface area (Å²) in [5, 5.41) is 18.3. The van der Waals surface area contributed by atoms with Gasteiger partial charge in [-0.3, -0.25) is 14.5 Å². The molecular weight excluding hydrogens is 245 g/mol. The highest BCUT2D eigenvalue weighted by molar-refractivity contribution is 7.78. The van der Waals surface area contributed by atoms with Crippen LogP contribution in [-0.4, -0.2) is 31.4 Å². The SMILES string of the molecule is CC.CC.CC#N.CF.CN=C=S.C[N+](=O)[O-]. The summed E-state index contributed by atoms with van der Waals surface area (Å²) in [7, 11) is 2.98. The fourth-order valence-electron chi connectivity index (χ4n) is 0. The highest BCUT2D eigenvalue weighted by Crippen LogP contribution is 1.39. The quantitative estimate of drug-likeness (QED) is 0.290. The lowest BCUT2D eigenvalue weighted by molar-refractivity contribution is -0.445. The van der Waals surface area contributed by atoms with E-state index < -0.39 is 4.92 Å². The Balaban J connectivity index is -0.0000000221. The van der Waals surface area contributed by atoms with Gasteiger partial charge in [0.2, 0.25) is 0 Å². The number of hydrogen-bond donors (Lipinski definition) is 0. The number of thiocarbonyl (C=S) groups is 1. The van der Waals surface area contributed by atoms with Gasteiger partial charge in [0, 0.05) is 18.9 Å². The van der Waals surface area contributed by atoms with E-state index in [1.165, 1.54) is 6.92 Å². The molecule has 7 heteroatoms. The van der Waals surface area contributed by atoms with Crippen LogP contribution < -0.4 is 0 Å². The lowest BCUT2D eigenvalue weighted by Gasteiger charge is -1.63. The van der Waals surface area contributed by atoms with Gasteiger partial charge in [-0.2, -0.15) is 5.26 Å². The van der Waals surface area contributed by atoms with Crippen molar-refractivity contribution in [2.75, 3.05) is 21.3 Å². The molecule has 0 fully saturated rings. The first kappa shape index (κ1) is 36.1. The predicted octanol–water partition coefficient (Wildman–Crippen LogP) is 3.78. The summed E-state index contributed by atoms with van der Waals surface area (Å²) < 4.78 is 9.50. The molecule has 0 N–H and O–H groups in total. The molecule has 0 atom stereocenters. The Morgan fingerprint density at radius 3 is 1.35 bits per heavy atom. The first-order chi connectivity index (χ1) is 8.06. The lowest BCUT2D eigenvalue weighted by atomic mass is 11.0. The summed E-state index contributed by atoms with van der Waals surface area (Å²) in [6, 6.07) is 1.75. The third-order valence-electron chi connectivity index (χ3n) is 0.0913. The van der Waals surface area contributed by atoms with Crippen molar-refractivity contribution in [3.8, 4) is 6.07 Å². The van der Waals surface area contributed by atoms with E-state index in [4.69, 9.17) is 15.4 Å². The smallest absolute Gasteiger partial charge is 0.194 e. The van der Waals surface area contributed by atoms with Crippen LogP contribution in [0.25, 0.3) is 0 Å². The normalized spacial score (nSPS) is 4.00. The maximum absolute atomic E-state index is 9.50. The molecule has 0 unspecified atom stereocenters. The number of aliphatic imine (C=N–C) groups is 1. The molecule has 0 aromatic rings. The number of rotatable bonds is 0. The second kappa shape index (κ2) is 127. The topological polar surface area (TPSA) is 79.3 Å². The van der Waals surface area contributed by atoms with Crippen LogP contribution in [0.3, 0.4) is 0 Å². The first-order valence-electron chi connectivity index (χ1n) is 4.79. The fraction of sp³-hybridized carbons (Fsp3) is 0.800. The Hall–Kier alpha value is -1.38. The van der Waals surface area contributed by atoms with Gasteiger partial charge in [-0.25, -0.2) is 4.99 Å². The van der Waals surface area contributed by atoms with Gasteiger partial charge in [-0.1, -0.05) is 27.7 Å². The minimum absolute atomic E-state index is 0.500. The van der Waals surface area contributed by atoms with Crippen molar-refractivity contribution in [3.05, 3.63) is 10.1 Å². The highest BCUT2D eigenvalue weighted by atomic mass is 32.1. The molecule has 0 radical (unpaired) electrons. The lowest BCUT2D eigenvalue weighted by Crippen LogP contribution is -1.79. The number of isothiocyanates is 1. The van der Waals surface area contributed by atoms with Crippen LogP contribution in [0.15, 0.2) is 4.99 Å². The minimum Gasteiger partial charge on any atom is -0.265 e. The van der Waals surface area contributed by atoms with Crippen LogP contribution in [-0.2, 0) is 0 Å². The van der Waals surface area contributed by atoms with Gasteiger partial charge in [0.25, 0.3) is 0 Å². The second-order valence-electron chi connectivity index (χ2n) is 0.978. The van der Waals surface area contributed by atoms with Gasteiger partial charge < -0.3 is 0 Å². The van der Waals surface area contributed by atoms with E-state index in [2.05, 4.69) is 22.4 Å². The molecule has 0 saturated heterocycles. The van der Waals surface area contributed by atoms with Gasteiger partial charge in [-0.05, 0) is 12.2 Å². The first-order valence-corrected chi connectivity index (χ1v) is 5.20. The molecule has 5 nitrogen and oxygen atoms in total. The van der Waals surface area contributed by atoms with Gasteiger partial charge in [0.1, 0.15) is 0 Å². The number of nitro groups is 1. The van der Waals surface area contributed by atoms with E-state index in [1.54, 1.807) is 13.1 Å². The zero-order chi connectivity index (χ0) is 15.7. The molecular formula is C10H24FN3O2S. The van der Waals surface area contributed by atoms with Crippen molar-refractivity contribution < 1.29 is 9.31 Å². The molecule has 0 heterocycles. The molecule has 0 aromatic heterocycles. The summed E-state index contributed by atoms with van der Waals surface area (Å²) >= 11 is 4.14. The average Bonchev–Trinajstić information content (AvgIpc) is 2.36. The van der Waals surface area contributed by atoms with Gasteiger partial charge in [-0.15, -0.1) is 0 Å². The Kier molecular flexibility index (Phi) is 270. The summed E-state index contributed by atoms with van der Waals surface area (Å²) in [6.45, 7) is 9.43. The number of nitriles is 1. The molecule has 17 heavy (non-hydrogen) atoms. The summed E-state index contributed by atoms with van der Waals surface area (Å²) in [6.07, 6.45) is 0. The maximum Gasteiger partial charge on any atom is 0.194 e. The van der Waals surface area contributed by atoms with E-state index in [1.807, 2.05) is 27.7 Å². The molecule has 0 bridgehead atoms. The molecule has 0 aromatic carbocycles. The number of alkyl halides is 1. The molecule has 0 amide bonds. The van der Waals surface area contributed by atoms with Crippen LogP contribution in [0.2, 0.25) is 0 Å². The van der Waals surface area contributed by atoms with E-state index in [-0.39, 0.29) is 0 Å². The van der Waals surface area contributed by atoms with Crippen LogP contribution in [0, 0.1) is 21.4 Å². The second-order valence-corrected chi connectivity index (χ2v) is 1.16. The summed E-state index contributed by atoms with van der Waals surface area (Å²) in [5.74, 6) is 0. The molecule has 0 aliphatic rings. The number of hydrogen-bond acceptors (Lipinski definition) is 5. The zero-order valence-electron chi connectivity index (χ0n) is 11.9. The van der Waals surface area contributed by atoms with Crippen molar-refractivity contribution in [2.45, 2.75) is 34.6 Å². The Labute approximate surface area is 110 Å². The Morgan fingerprint density at radius 1 is 1.29 bits per heavy atom. The predicted molar refractivity (Wildman–Crippen MR) is 74.9 cm³/mol. The average molecular weight is 269 g/mol. The van der Waals surface area contributed by atoms with Crippen LogP contribution in [0.5, 0.6) is 0 Å². The monoisotopic (exact) mass is 269 g/mol. The third kappa shape index (κ3) is 16100. The minimum atomic E-state index is -0.500. The van der Waals surface area contributed by atoms with Crippen molar-refractivity contribution in [1.82, 2.24) is 0 Å². The Bertz CT molecular complexity index is 175. The van der Waals surface area contributed by atoms with Crippen molar-refractivity contribution >= 4 is 17.4 Å². The van der Waals surface area contributed by atoms with Crippen molar-refractivity contribution in [1.29, 1.82) is 5.26 Å². The molecule has 0 aliphatic carbocycles. The Morgan fingerprint density at radius 2 is 1.35 bits per heavy atom. The van der Waals surface area contributed by atoms with E-state index in [0.717, 1.165) is 7.05 Å². The third-order valence-corrected chi connectivity index (χ3v) is 0.274. The van der Waals surface area contributed by atoms with Crippen LogP contribution in [0.4, 0.5) is 4.39 Å². The zero-order valence-corrected chi connectivity index (χ0v) is 12.8. The molecule has 104 valence electrons. The molecule has 0 spiro atoms. The fourth-order valence-corrected chi connectivity index (χ4v) is 0. The van der Waals surface area contributed by atoms with Gasteiger partial charge >= 0.3 is 0 Å². The van der Waals surface area contributed by atoms with Gasteiger partial charge in [0.05, 0.1) is 18.4 Å². The van der Waals surface area contributed by atoms with E-state index in [9.17, 15) is 4.39 Å². The summed E-state index contributed by atoms with van der Waals surface area (Å²) in [4.78, 5) is 11.6. The van der Waals surface area contributed by atoms with Crippen LogP contribution >= 0.6 is 12.2 Å². The highest BCUT2D eigenvalue weighted by Gasteiger charge is 1.57. The van der Waals surface area contributed by atoms with Crippen molar-refractivity contribution in [3.63, 3.8) is 0 Å². The van der Waals surface area contributed by atoms with Crippen LogP contribution in [0.1, 0.15) is 34.6 Å². The number of nitrogens with zero attached hydrogens (tertiary/aromatic N) is 3. The largest absolute Gasteiger partial charge is 0.265 e.